The predicted octanol–water partition coefficient (Wildman–Crippen LogP) is 3.00. The van der Waals surface area contributed by atoms with Gasteiger partial charge in [0.2, 0.25) is 0 Å². The van der Waals surface area contributed by atoms with Crippen LogP contribution in [0.3, 0.4) is 0 Å². The number of hydrogen-bond donors (Lipinski definition) is 1. The summed E-state index contributed by atoms with van der Waals surface area (Å²) in [5, 5.41) is 6.98. The van der Waals surface area contributed by atoms with Gasteiger partial charge in [-0.1, -0.05) is 0 Å². The van der Waals surface area contributed by atoms with E-state index in [9.17, 15) is 9.18 Å². The van der Waals surface area contributed by atoms with Gasteiger partial charge in [0.05, 0.1) is 11.9 Å². The molecule has 0 atom stereocenters. The second kappa shape index (κ2) is 4.91. The largest absolute Gasteiger partial charge is 0.321 e. The third-order valence-corrected chi connectivity index (χ3v) is 3.67. The topological polar surface area (TPSA) is 59.3 Å². The maximum Gasteiger partial charge on any atom is 0.276 e. The van der Waals surface area contributed by atoms with E-state index in [0.29, 0.717) is 11.6 Å². The average molecular weight is 296 g/mol. The molecule has 1 amide bonds. The minimum atomic E-state index is -0.344. The van der Waals surface area contributed by atoms with Gasteiger partial charge in [0.25, 0.3) is 5.91 Å². The van der Waals surface area contributed by atoms with E-state index in [1.807, 2.05) is 6.20 Å². The van der Waals surface area contributed by atoms with Crippen LogP contribution in [0.2, 0.25) is 0 Å². The van der Waals surface area contributed by atoms with Gasteiger partial charge in [-0.2, -0.15) is 5.10 Å². The molecule has 5 nitrogen and oxygen atoms in total. The number of amides is 1. The molecule has 0 spiro atoms. The third-order valence-electron chi connectivity index (χ3n) is 3.67. The van der Waals surface area contributed by atoms with Crippen LogP contribution in [0.1, 0.15) is 34.9 Å². The Kier molecular flexibility index (Phi) is 2.89. The molecule has 0 aliphatic heterocycles. The maximum absolute atomic E-state index is 12.9. The number of hydrogen-bond acceptors (Lipinski definition) is 3. The van der Waals surface area contributed by atoms with Crippen LogP contribution in [0.15, 0.2) is 42.6 Å². The zero-order valence-electron chi connectivity index (χ0n) is 11.7. The van der Waals surface area contributed by atoms with Crippen molar-refractivity contribution in [3.05, 3.63) is 59.8 Å². The highest BCUT2D eigenvalue weighted by atomic mass is 19.1. The first-order valence-electron chi connectivity index (χ1n) is 7.12. The number of rotatable bonds is 3. The molecular weight excluding hydrogens is 283 g/mol. The molecule has 2 aromatic heterocycles. The van der Waals surface area contributed by atoms with E-state index in [1.165, 1.54) is 37.1 Å². The van der Waals surface area contributed by atoms with Crippen LogP contribution in [-0.2, 0) is 0 Å². The number of carbonyl (C=O) groups is 1. The molecule has 0 radical (unpaired) electrons. The van der Waals surface area contributed by atoms with Gasteiger partial charge < -0.3 is 5.32 Å². The van der Waals surface area contributed by atoms with Crippen LogP contribution in [0.25, 0.3) is 5.65 Å². The Labute approximate surface area is 125 Å². The summed E-state index contributed by atoms with van der Waals surface area (Å²) in [6.07, 6.45) is 4.21. The Morgan fingerprint density at radius 1 is 1.18 bits per heavy atom. The van der Waals surface area contributed by atoms with Gasteiger partial charge in [0.1, 0.15) is 11.5 Å². The van der Waals surface area contributed by atoms with E-state index >= 15 is 0 Å². The van der Waals surface area contributed by atoms with Crippen molar-refractivity contribution in [1.29, 1.82) is 0 Å². The normalized spacial score (nSPS) is 14.2. The van der Waals surface area contributed by atoms with Gasteiger partial charge in [-0.25, -0.2) is 13.9 Å². The first-order valence-corrected chi connectivity index (χ1v) is 7.12. The summed E-state index contributed by atoms with van der Waals surface area (Å²) in [6.45, 7) is 0. The Balaban J connectivity index is 1.59. The molecule has 3 aromatic rings. The number of nitrogens with one attached hydrogen (secondary N) is 1. The summed E-state index contributed by atoms with van der Waals surface area (Å²) in [7, 11) is 0. The molecule has 6 heteroatoms. The van der Waals surface area contributed by atoms with Crippen molar-refractivity contribution in [2.75, 3.05) is 5.32 Å². The maximum atomic E-state index is 12.9. The second-order valence-corrected chi connectivity index (χ2v) is 5.42. The van der Waals surface area contributed by atoms with Gasteiger partial charge in [0, 0.05) is 11.6 Å². The number of fused-ring (bicyclic) bond motifs is 1. The van der Waals surface area contributed by atoms with Gasteiger partial charge in [-0.05, 0) is 49.2 Å². The monoisotopic (exact) mass is 296 g/mol. The molecule has 1 fully saturated rings. The van der Waals surface area contributed by atoms with Crippen LogP contribution in [0.4, 0.5) is 10.1 Å². The average Bonchev–Trinajstić information content (AvgIpc) is 3.28. The van der Waals surface area contributed by atoms with E-state index in [4.69, 9.17) is 0 Å². The molecule has 1 aliphatic rings. The lowest BCUT2D eigenvalue weighted by Gasteiger charge is -2.04. The molecule has 110 valence electrons. The fraction of sp³-hybridized carbons (Fsp3) is 0.188. The SMILES string of the molecule is O=C(Nc1ccc(F)cc1)c1ccc2nc(C3CC3)cn2n1. The van der Waals surface area contributed by atoms with Crippen molar-refractivity contribution in [3.63, 3.8) is 0 Å². The zero-order chi connectivity index (χ0) is 15.1. The van der Waals surface area contributed by atoms with Crippen molar-refractivity contribution in [1.82, 2.24) is 14.6 Å². The van der Waals surface area contributed by atoms with E-state index in [0.717, 1.165) is 11.3 Å². The zero-order valence-corrected chi connectivity index (χ0v) is 11.7. The standard InChI is InChI=1S/C16H13FN4O/c17-11-3-5-12(6-4-11)18-16(22)13-7-8-15-19-14(10-1-2-10)9-21(15)20-13/h3-10H,1-2H2,(H,18,22). The number of anilines is 1. The molecule has 1 aliphatic carbocycles. The fourth-order valence-electron chi connectivity index (χ4n) is 2.33. The summed E-state index contributed by atoms with van der Waals surface area (Å²) in [5.74, 6) is -0.142. The molecule has 1 N–H and O–H groups in total. The van der Waals surface area contributed by atoms with E-state index in [1.54, 1.807) is 16.6 Å². The molecular formula is C16H13FN4O. The highest BCUT2D eigenvalue weighted by Gasteiger charge is 2.26. The first kappa shape index (κ1) is 12.9. The van der Waals surface area contributed by atoms with Gasteiger partial charge in [-0.15, -0.1) is 0 Å². The lowest BCUT2D eigenvalue weighted by atomic mass is 10.3. The molecule has 1 saturated carbocycles. The second-order valence-electron chi connectivity index (χ2n) is 5.42. The fourth-order valence-corrected chi connectivity index (χ4v) is 2.33. The molecule has 1 aromatic carbocycles. The van der Waals surface area contributed by atoms with Gasteiger partial charge in [-0.3, -0.25) is 4.79 Å². The highest BCUT2D eigenvalue weighted by Crippen LogP contribution is 2.39. The first-order chi connectivity index (χ1) is 10.7. The van der Waals surface area contributed by atoms with Crippen molar-refractivity contribution in [2.24, 2.45) is 0 Å². The molecule has 0 unspecified atom stereocenters. The number of benzene rings is 1. The summed E-state index contributed by atoms with van der Waals surface area (Å²) in [5.41, 5.74) is 2.58. The number of nitrogens with zero attached hydrogens (tertiary/aromatic N) is 3. The molecule has 22 heavy (non-hydrogen) atoms. The Bertz CT molecular complexity index is 852. The van der Waals surface area contributed by atoms with Crippen molar-refractivity contribution >= 4 is 17.2 Å². The van der Waals surface area contributed by atoms with E-state index < -0.39 is 0 Å². The van der Waals surface area contributed by atoms with Crippen molar-refractivity contribution < 1.29 is 9.18 Å². The molecule has 0 saturated heterocycles. The third kappa shape index (κ3) is 2.43. The summed E-state index contributed by atoms with van der Waals surface area (Å²) in [4.78, 5) is 16.7. The number of halogens is 1. The summed E-state index contributed by atoms with van der Waals surface area (Å²) < 4.78 is 14.5. The number of imidazole rings is 1. The van der Waals surface area contributed by atoms with Crippen molar-refractivity contribution in [3.8, 4) is 0 Å². The Morgan fingerprint density at radius 2 is 1.95 bits per heavy atom. The van der Waals surface area contributed by atoms with Crippen LogP contribution in [0, 0.1) is 5.82 Å². The lowest BCUT2D eigenvalue weighted by molar-refractivity contribution is 0.102. The molecule has 2 heterocycles. The minimum absolute atomic E-state index is 0.288. The number of carbonyl (C=O) groups excluding carboxylic acids is 1. The Morgan fingerprint density at radius 3 is 2.68 bits per heavy atom. The van der Waals surface area contributed by atoms with E-state index in [2.05, 4.69) is 15.4 Å². The molecule has 4 rings (SSSR count). The lowest BCUT2D eigenvalue weighted by Crippen LogP contribution is -2.15. The summed E-state index contributed by atoms with van der Waals surface area (Å²) >= 11 is 0. The van der Waals surface area contributed by atoms with Gasteiger partial charge in [0.15, 0.2) is 5.65 Å². The molecule has 0 bridgehead atoms. The van der Waals surface area contributed by atoms with Crippen LogP contribution in [0.5, 0.6) is 0 Å². The predicted molar refractivity (Wildman–Crippen MR) is 79.3 cm³/mol. The quantitative estimate of drug-likeness (QED) is 0.808. The smallest absolute Gasteiger partial charge is 0.276 e. The van der Waals surface area contributed by atoms with Crippen LogP contribution in [-0.4, -0.2) is 20.5 Å². The van der Waals surface area contributed by atoms with E-state index in [-0.39, 0.29) is 17.4 Å². The number of aromatic nitrogens is 3. The summed E-state index contributed by atoms with van der Waals surface area (Å²) in [6, 6.07) is 9.02. The minimum Gasteiger partial charge on any atom is -0.321 e. The van der Waals surface area contributed by atoms with Crippen LogP contribution < -0.4 is 5.32 Å². The van der Waals surface area contributed by atoms with Crippen molar-refractivity contribution in [2.45, 2.75) is 18.8 Å². The van der Waals surface area contributed by atoms with Crippen LogP contribution >= 0.6 is 0 Å². The highest BCUT2D eigenvalue weighted by molar-refractivity contribution is 6.02. The Hall–Kier alpha value is -2.76. The van der Waals surface area contributed by atoms with Gasteiger partial charge >= 0.3 is 0 Å².